The Balaban J connectivity index is 1.24. The predicted octanol–water partition coefficient (Wildman–Crippen LogP) is 0.945. The molecule has 3 heteroatoms. The van der Waals surface area contributed by atoms with Crippen LogP contribution in [0.25, 0.3) is 0 Å². The van der Waals surface area contributed by atoms with Crippen LogP contribution >= 0.6 is 15.9 Å². The SMILES string of the molecule is Brc1ccc(C[NH+]2CC[NH+](C[C@@H]3C[C@@H]4C=C[C@H]3C4)CC2)cc1. The lowest BCUT2D eigenvalue weighted by Crippen LogP contribution is -3.27. The van der Waals surface area contributed by atoms with Gasteiger partial charge in [-0.15, -0.1) is 0 Å². The number of allylic oxidation sites excluding steroid dienone is 2. The zero-order valence-electron chi connectivity index (χ0n) is 13.2. The van der Waals surface area contributed by atoms with Gasteiger partial charge < -0.3 is 9.80 Å². The van der Waals surface area contributed by atoms with Crippen molar-refractivity contribution in [1.29, 1.82) is 0 Å². The molecule has 22 heavy (non-hydrogen) atoms. The molecule has 1 aliphatic heterocycles. The minimum atomic E-state index is 0.922. The average Bonchev–Trinajstić information content (AvgIpc) is 3.14. The predicted molar refractivity (Wildman–Crippen MR) is 93.0 cm³/mol. The molecular formula is C19H27BrN2+2. The van der Waals surface area contributed by atoms with Gasteiger partial charge in [0.1, 0.15) is 32.7 Å². The number of hydrogen-bond donors (Lipinski definition) is 2. The van der Waals surface area contributed by atoms with E-state index < -0.39 is 0 Å². The highest BCUT2D eigenvalue weighted by Crippen LogP contribution is 2.42. The average molecular weight is 363 g/mol. The van der Waals surface area contributed by atoms with E-state index in [0.29, 0.717) is 0 Å². The molecule has 0 amide bonds. The number of fused-ring (bicyclic) bond motifs is 2. The molecule has 4 rings (SSSR count). The van der Waals surface area contributed by atoms with Crippen LogP contribution in [0.5, 0.6) is 0 Å². The van der Waals surface area contributed by atoms with Crippen molar-refractivity contribution < 1.29 is 9.80 Å². The van der Waals surface area contributed by atoms with Crippen LogP contribution in [0.15, 0.2) is 40.9 Å². The molecule has 1 heterocycles. The minimum Gasteiger partial charge on any atom is -0.325 e. The van der Waals surface area contributed by atoms with Crippen LogP contribution in [-0.4, -0.2) is 32.7 Å². The Kier molecular flexibility index (Phi) is 4.38. The summed E-state index contributed by atoms with van der Waals surface area (Å²) < 4.78 is 1.18. The van der Waals surface area contributed by atoms with E-state index in [1.165, 1.54) is 62.1 Å². The summed E-state index contributed by atoms with van der Waals surface area (Å²) in [6.45, 7) is 8.02. The van der Waals surface area contributed by atoms with Gasteiger partial charge in [0.05, 0.1) is 6.54 Å². The first-order valence-electron chi connectivity index (χ1n) is 8.86. The Bertz CT molecular complexity index is 531. The maximum Gasteiger partial charge on any atom is 0.127 e. The largest absolute Gasteiger partial charge is 0.325 e. The minimum absolute atomic E-state index is 0.922. The molecule has 0 radical (unpaired) electrons. The summed E-state index contributed by atoms with van der Waals surface area (Å²) in [5.41, 5.74) is 1.47. The summed E-state index contributed by atoms with van der Waals surface area (Å²) >= 11 is 3.52. The third-order valence-corrected chi connectivity index (χ3v) is 6.53. The molecule has 1 aromatic rings. The first-order chi connectivity index (χ1) is 10.8. The van der Waals surface area contributed by atoms with Crippen LogP contribution in [0.1, 0.15) is 18.4 Å². The molecule has 2 aliphatic carbocycles. The van der Waals surface area contributed by atoms with E-state index >= 15 is 0 Å². The molecule has 1 saturated carbocycles. The zero-order chi connectivity index (χ0) is 14.9. The van der Waals surface area contributed by atoms with Gasteiger partial charge in [-0.25, -0.2) is 0 Å². The highest BCUT2D eigenvalue weighted by atomic mass is 79.9. The van der Waals surface area contributed by atoms with Gasteiger partial charge in [0.2, 0.25) is 0 Å². The van der Waals surface area contributed by atoms with E-state index in [1.807, 2.05) is 4.90 Å². The third kappa shape index (κ3) is 3.32. The Morgan fingerprint density at radius 2 is 1.64 bits per heavy atom. The second kappa shape index (κ2) is 6.46. The fourth-order valence-corrected chi connectivity index (χ4v) is 4.99. The smallest absolute Gasteiger partial charge is 0.127 e. The van der Waals surface area contributed by atoms with Gasteiger partial charge in [-0.1, -0.05) is 40.2 Å². The summed E-state index contributed by atoms with van der Waals surface area (Å²) in [5.74, 6) is 2.84. The second-order valence-corrected chi connectivity index (χ2v) is 8.46. The van der Waals surface area contributed by atoms with Gasteiger partial charge >= 0.3 is 0 Å². The van der Waals surface area contributed by atoms with Crippen LogP contribution in [0.3, 0.4) is 0 Å². The molecule has 0 unspecified atom stereocenters. The van der Waals surface area contributed by atoms with Crippen molar-refractivity contribution in [1.82, 2.24) is 0 Å². The van der Waals surface area contributed by atoms with Crippen molar-refractivity contribution in [2.75, 3.05) is 32.7 Å². The Morgan fingerprint density at radius 1 is 0.909 bits per heavy atom. The molecule has 3 aliphatic rings. The molecule has 2 N–H and O–H groups in total. The molecule has 2 fully saturated rings. The Labute approximate surface area is 142 Å². The topological polar surface area (TPSA) is 8.88 Å². The summed E-state index contributed by atoms with van der Waals surface area (Å²) in [4.78, 5) is 3.63. The highest BCUT2D eigenvalue weighted by Gasteiger charge is 2.38. The molecule has 2 nitrogen and oxygen atoms in total. The van der Waals surface area contributed by atoms with Gasteiger partial charge in [0.25, 0.3) is 0 Å². The summed E-state index contributed by atoms with van der Waals surface area (Å²) in [6, 6.07) is 8.85. The Morgan fingerprint density at radius 3 is 2.27 bits per heavy atom. The maximum absolute atomic E-state index is 3.52. The van der Waals surface area contributed by atoms with Crippen molar-refractivity contribution in [3.05, 3.63) is 46.5 Å². The van der Waals surface area contributed by atoms with Crippen LogP contribution < -0.4 is 9.80 Å². The van der Waals surface area contributed by atoms with Crippen LogP contribution in [0.4, 0.5) is 0 Å². The van der Waals surface area contributed by atoms with Gasteiger partial charge in [-0.2, -0.15) is 0 Å². The highest BCUT2D eigenvalue weighted by molar-refractivity contribution is 9.10. The quantitative estimate of drug-likeness (QED) is 0.737. The molecule has 1 saturated heterocycles. The molecule has 0 spiro atoms. The lowest BCUT2D eigenvalue weighted by molar-refractivity contribution is -1.02. The standard InChI is InChI=1S/C19H25BrN2/c20-19-5-2-15(3-6-19)13-21-7-9-22(10-8-21)14-18-12-16-1-4-17(18)11-16/h1-6,16-18H,7-14H2/p+2/t16-,17+,18+/m1/s1. The number of halogens is 1. The monoisotopic (exact) mass is 362 g/mol. The fourth-order valence-electron chi connectivity index (χ4n) is 4.73. The summed E-state index contributed by atoms with van der Waals surface area (Å²) in [5, 5.41) is 0. The number of rotatable bonds is 4. The van der Waals surface area contributed by atoms with E-state index in [9.17, 15) is 0 Å². The number of nitrogens with one attached hydrogen (secondary N) is 2. The van der Waals surface area contributed by atoms with E-state index in [2.05, 4.69) is 52.3 Å². The van der Waals surface area contributed by atoms with E-state index in [1.54, 1.807) is 4.90 Å². The van der Waals surface area contributed by atoms with Crippen molar-refractivity contribution in [2.24, 2.45) is 17.8 Å². The summed E-state index contributed by atoms with van der Waals surface area (Å²) in [7, 11) is 0. The fraction of sp³-hybridized carbons (Fsp3) is 0.579. The maximum atomic E-state index is 3.52. The van der Waals surface area contributed by atoms with Gasteiger partial charge in [0.15, 0.2) is 0 Å². The first kappa shape index (κ1) is 14.9. The number of benzene rings is 1. The lowest BCUT2D eigenvalue weighted by Gasteiger charge is -2.32. The van der Waals surface area contributed by atoms with Crippen LogP contribution in [0.2, 0.25) is 0 Å². The summed E-state index contributed by atoms with van der Waals surface area (Å²) in [6.07, 6.45) is 7.91. The van der Waals surface area contributed by atoms with E-state index in [-0.39, 0.29) is 0 Å². The second-order valence-electron chi connectivity index (χ2n) is 7.55. The zero-order valence-corrected chi connectivity index (χ0v) is 14.8. The van der Waals surface area contributed by atoms with Crippen molar-refractivity contribution >= 4 is 15.9 Å². The molecule has 3 atom stereocenters. The van der Waals surface area contributed by atoms with Crippen molar-refractivity contribution in [2.45, 2.75) is 19.4 Å². The lowest BCUT2D eigenvalue weighted by atomic mass is 9.93. The van der Waals surface area contributed by atoms with Gasteiger partial charge in [0, 0.05) is 16.0 Å². The Hall–Kier alpha value is -0.640. The van der Waals surface area contributed by atoms with Gasteiger partial charge in [-0.3, -0.25) is 0 Å². The molecule has 2 bridgehead atoms. The van der Waals surface area contributed by atoms with Crippen molar-refractivity contribution in [3.8, 4) is 0 Å². The number of quaternary nitrogens is 2. The van der Waals surface area contributed by atoms with E-state index in [0.717, 1.165) is 17.8 Å². The third-order valence-electron chi connectivity index (χ3n) is 6.00. The molecule has 118 valence electrons. The molecular weight excluding hydrogens is 336 g/mol. The van der Waals surface area contributed by atoms with Gasteiger partial charge in [-0.05, 0) is 36.8 Å². The van der Waals surface area contributed by atoms with Crippen LogP contribution in [0, 0.1) is 17.8 Å². The van der Waals surface area contributed by atoms with E-state index in [4.69, 9.17) is 0 Å². The number of piperazine rings is 1. The number of hydrogen-bond acceptors (Lipinski definition) is 0. The van der Waals surface area contributed by atoms with Crippen LogP contribution in [-0.2, 0) is 6.54 Å². The normalized spacial score (nSPS) is 36.9. The molecule has 0 aromatic heterocycles. The molecule has 1 aromatic carbocycles. The van der Waals surface area contributed by atoms with Crippen molar-refractivity contribution in [3.63, 3.8) is 0 Å². The first-order valence-corrected chi connectivity index (χ1v) is 9.65.